The molecule has 1 atom stereocenters. The molecule has 4 nitrogen and oxygen atoms in total. The lowest BCUT2D eigenvalue weighted by atomic mass is 9.95. The Balaban J connectivity index is 1.50. The molecule has 1 fully saturated rings. The zero-order valence-electron chi connectivity index (χ0n) is 15.5. The topological polar surface area (TPSA) is 26.8 Å². The summed E-state index contributed by atoms with van der Waals surface area (Å²) >= 11 is 6.13. The summed E-state index contributed by atoms with van der Waals surface area (Å²) in [4.78, 5) is 19.7. The van der Waals surface area contributed by atoms with E-state index in [-0.39, 0.29) is 11.9 Å². The number of nitrogens with zero attached hydrogens (tertiary/aromatic N) is 3. The Bertz CT molecular complexity index is 858. The van der Waals surface area contributed by atoms with Crippen LogP contribution in [0.25, 0.3) is 0 Å². The normalized spacial score (nSPS) is 21.0. The summed E-state index contributed by atoms with van der Waals surface area (Å²) in [6, 6.07) is 16.1. The van der Waals surface area contributed by atoms with Crippen LogP contribution in [0.15, 0.2) is 60.8 Å². The van der Waals surface area contributed by atoms with Gasteiger partial charge in [-0.2, -0.15) is 0 Å². The number of carbonyl (C=O) groups excluding carboxylic acids is 1. The smallest absolute Gasteiger partial charge is 0.248 e. The molecule has 0 spiro atoms. The van der Waals surface area contributed by atoms with E-state index in [4.69, 9.17) is 11.6 Å². The summed E-state index contributed by atoms with van der Waals surface area (Å²) < 4.78 is 0. The number of allylic oxidation sites excluding steroid dienone is 1. The highest BCUT2D eigenvalue weighted by molar-refractivity contribution is 6.30. The van der Waals surface area contributed by atoms with Crippen molar-refractivity contribution in [2.24, 2.45) is 0 Å². The van der Waals surface area contributed by atoms with Gasteiger partial charge in [0.2, 0.25) is 5.91 Å². The molecule has 1 saturated heterocycles. The van der Waals surface area contributed by atoms with Crippen LogP contribution >= 0.6 is 11.6 Å². The first-order chi connectivity index (χ1) is 13.2. The summed E-state index contributed by atoms with van der Waals surface area (Å²) in [7, 11) is 0. The third kappa shape index (κ3) is 3.60. The van der Waals surface area contributed by atoms with Gasteiger partial charge in [-0.05, 0) is 43.2 Å². The van der Waals surface area contributed by atoms with Gasteiger partial charge in [0.15, 0.2) is 0 Å². The van der Waals surface area contributed by atoms with Crippen molar-refractivity contribution in [2.75, 3.05) is 36.0 Å². The predicted octanol–water partition coefficient (Wildman–Crippen LogP) is 3.95. The zero-order chi connectivity index (χ0) is 18.8. The molecule has 2 aromatic rings. The average molecular weight is 382 g/mol. The SMILES string of the molecule is CC=CN1C(=O)C(N2CCN(c3cccc(Cl)c3)CC2)Cc2ccccc21. The Morgan fingerprint density at radius 2 is 1.81 bits per heavy atom. The van der Waals surface area contributed by atoms with Crippen molar-refractivity contribution in [3.8, 4) is 0 Å². The lowest BCUT2D eigenvalue weighted by Crippen LogP contribution is -2.57. The number of piperazine rings is 1. The molecule has 2 aliphatic rings. The third-order valence-electron chi connectivity index (χ3n) is 5.41. The molecule has 1 unspecified atom stereocenters. The first-order valence-electron chi connectivity index (χ1n) is 9.46. The van der Waals surface area contributed by atoms with E-state index in [2.05, 4.69) is 28.0 Å². The number of benzene rings is 2. The van der Waals surface area contributed by atoms with Gasteiger partial charge in [0.25, 0.3) is 0 Å². The van der Waals surface area contributed by atoms with Gasteiger partial charge in [-0.3, -0.25) is 14.6 Å². The van der Waals surface area contributed by atoms with Crippen molar-refractivity contribution in [1.29, 1.82) is 0 Å². The minimum atomic E-state index is -0.0994. The molecule has 0 aromatic heterocycles. The number of rotatable bonds is 3. The number of hydrogen-bond donors (Lipinski definition) is 0. The molecular weight excluding hydrogens is 358 g/mol. The number of halogens is 1. The molecule has 1 amide bonds. The number of fused-ring (bicyclic) bond motifs is 1. The summed E-state index contributed by atoms with van der Waals surface area (Å²) in [5.41, 5.74) is 3.39. The molecule has 140 valence electrons. The van der Waals surface area contributed by atoms with E-state index in [1.54, 1.807) is 0 Å². The van der Waals surface area contributed by atoms with E-state index in [9.17, 15) is 4.79 Å². The van der Waals surface area contributed by atoms with Gasteiger partial charge >= 0.3 is 0 Å². The maximum Gasteiger partial charge on any atom is 0.248 e. The van der Waals surface area contributed by atoms with E-state index in [1.165, 1.54) is 5.56 Å². The molecule has 2 aliphatic heterocycles. The highest BCUT2D eigenvalue weighted by Crippen LogP contribution is 2.31. The van der Waals surface area contributed by atoms with E-state index >= 15 is 0 Å². The van der Waals surface area contributed by atoms with Gasteiger partial charge in [-0.1, -0.05) is 41.9 Å². The van der Waals surface area contributed by atoms with E-state index < -0.39 is 0 Å². The van der Waals surface area contributed by atoms with Crippen molar-refractivity contribution in [3.63, 3.8) is 0 Å². The molecule has 0 N–H and O–H groups in total. The maximum absolute atomic E-state index is 13.2. The fourth-order valence-corrected chi connectivity index (χ4v) is 4.23. The van der Waals surface area contributed by atoms with E-state index in [1.807, 2.05) is 54.4 Å². The molecular formula is C22H24ClN3O. The third-order valence-corrected chi connectivity index (χ3v) is 5.65. The van der Waals surface area contributed by atoms with Crippen LogP contribution in [0.1, 0.15) is 12.5 Å². The van der Waals surface area contributed by atoms with Crippen LogP contribution in [-0.4, -0.2) is 43.0 Å². The fraction of sp³-hybridized carbons (Fsp3) is 0.318. The minimum absolute atomic E-state index is 0.0994. The van der Waals surface area contributed by atoms with Crippen molar-refractivity contribution >= 4 is 28.9 Å². The number of anilines is 2. The first-order valence-corrected chi connectivity index (χ1v) is 9.83. The van der Waals surface area contributed by atoms with Crippen LogP contribution in [0, 0.1) is 0 Å². The van der Waals surface area contributed by atoms with Gasteiger partial charge in [-0.15, -0.1) is 0 Å². The predicted molar refractivity (Wildman–Crippen MR) is 111 cm³/mol. The quantitative estimate of drug-likeness (QED) is 0.805. The first kappa shape index (κ1) is 18.1. The second-order valence-electron chi connectivity index (χ2n) is 7.04. The number of para-hydroxylation sites is 1. The summed E-state index contributed by atoms with van der Waals surface area (Å²) in [6.45, 7) is 5.48. The Morgan fingerprint density at radius 1 is 1.04 bits per heavy atom. The highest BCUT2D eigenvalue weighted by Gasteiger charge is 2.36. The molecule has 2 heterocycles. The van der Waals surface area contributed by atoms with Gasteiger partial charge in [0, 0.05) is 43.1 Å². The number of carbonyl (C=O) groups is 1. The van der Waals surface area contributed by atoms with Crippen LogP contribution < -0.4 is 9.80 Å². The largest absolute Gasteiger partial charge is 0.369 e. The summed E-state index contributed by atoms with van der Waals surface area (Å²) in [6.07, 6.45) is 4.59. The molecule has 27 heavy (non-hydrogen) atoms. The standard InChI is InChI=1S/C22H24ClN3O/c1-2-10-26-20-9-4-3-6-17(20)15-21(22(26)27)25-13-11-24(12-14-25)19-8-5-7-18(23)16-19/h2-10,16,21H,11-15H2,1H3. The van der Waals surface area contributed by atoms with E-state index in [0.29, 0.717) is 0 Å². The van der Waals surface area contributed by atoms with Crippen molar-refractivity contribution in [2.45, 2.75) is 19.4 Å². The Hall–Kier alpha value is -2.30. The fourth-order valence-electron chi connectivity index (χ4n) is 4.05. The maximum atomic E-state index is 13.2. The van der Waals surface area contributed by atoms with Crippen molar-refractivity contribution in [3.05, 3.63) is 71.4 Å². The van der Waals surface area contributed by atoms with E-state index in [0.717, 1.165) is 49.0 Å². The van der Waals surface area contributed by atoms with Crippen LogP contribution in [0.5, 0.6) is 0 Å². The summed E-state index contributed by atoms with van der Waals surface area (Å²) in [5.74, 6) is 0.169. The molecule has 4 rings (SSSR count). The van der Waals surface area contributed by atoms with Gasteiger partial charge < -0.3 is 4.90 Å². The molecule has 2 aromatic carbocycles. The van der Waals surface area contributed by atoms with Crippen LogP contribution in [-0.2, 0) is 11.2 Å². The van der Waals surface area contributed by atoms with Crippen molar-refractivity contribution in [1.82, 2.24) is 4.90 Å². The highest BCUT2D eigenvalue weighted by atomic mass is 35.5. The molecule has 5 heteroatoms. The monoisotopic (exact) mass is 381 g/mol. The molecule has 0 bridgehead atoms. The lowest BCUT2D eigenvalue weighted by molar-refractivity contribution is -0.123. The minimum Gasteiger partial charge on any atom is -0.369 e. The Labute approximate surface area is 165 Å². The average Bonchev–Trinajstić information content (AvgIpc) is 2.70. The van der Waals surface area contributed by atoms with Crippen LogP contribution in [0.3, 0.4) is 0 Å². The molecule has 0 aliphatic carbocycles. The van der Waals surface area contributed by atoms with Gasteiger partial charge in [0.05, 0.1) is 11.7 Å². The van der Waals surface area contributed by atoms with Crippen molar-refractivity contribution < 1.29 is 4.79 Å². The lowest BCUT2D eigenvalue weighted by Gasteiger charge is -2.43. The molecule has 0 saturated carbocycles. The number of hydrogen-bond acceptors (Lipinski definition) is 3. The Morgan fingerprint density at radius 3 is 2.56 bits per heavy atom. The number of amides is 1. The van der Waals surface area contributed by atoms with Gasteiger partial charge in [0.1, 0.15) is 0 Å². The van der Waals surface area contributed by atoms with Crippen LogP contribution in [0.4, 0.5) is 11.4 Å². The second kappa shape index (κ2) is 7.75. The zero-order valence-corrected chi connectivity index (χ0v) is 16.3. The Kier molecular flexibility index (Phi) is 5.19. The molecule has 0 radical (unpaired) electrons. The van der Waals surface area contributed by atoms with Gasteiger partial charge in [-0.25, -0.2) is 0 Å². The summed E-state index contributed by atoms with van der Waals surface area (Å²) in [5, 5.41) is 0.760. The second-order valence-corrected chi connectivity index (χ2v) is 7.48. The van der Waals surface area contributed by atoms with Crippen LogP contribution in [0.2, 0.25) is 5.02 Å².